The second kappa shape index (κ2) is 6.60. The lowest BCUT2D eigenvalue weighted by Gasteiger charge is -2.24. The van der Waals surface area contributed by atoms with E-state index < -0.39 is 15.7 Å². The number of aryl methyl sites for hydroxylation is 1. The molecular formula is C13H18N2O4S. The molecule has 0 aliphatic heterocycles. The summed E-state index contributed by atoms with van der Waals surface area (Å²) in [4.78, 5) is 24.0. The Kier molecular flexibility index (Phi) is 5.38. The van der Waals surface area contributed by atoms with Crippen LogP contribution in [0.2, 0.25) is 0 Å². The maximum Gasteiger partial charge on any atom is 0.269 e. The van der Waals surface area contributed by atoms with Crippen LogP contribution in [0.3, 0.4) is 0 Å². The average molecular weight is 298 g/mol. The highest BCUT2D eigenvalue weighted by Crippen LogP contribution is 2.19. The second-order valence-corrected chi connectivity index (χ2v) is 6.24. The van der Waals surface area contributed by atoms with Gasteiger partial charge in [0.2, 0.25) is 0 Å². The molecule has 1 aromatic carbocycles. The molecule has 20 heavy (non-hydrogen) atoms. The predicted octanol–water partition coefficient (Wildman–Crippen LogP) is 1.74. The summed E-state index contributed by atoms with van der Waals surface area (Å²) in [5.41, 5.74) is 0.942. The maximum absolute atomic E-state index is 12.3. The van der Waals surface area contributed by atoms with Gasteiger partial charge in [-0.25, -0.2) is 0 Å². The molecule has 0 bridgehead atoms. The highest BCUT2D eigenvalue weighted by atomic mass is 32.2. The summed E-state index contributed by atoms with van der Waals surface area (Å²) in [6.45, 7) is 3.48. The van der Waals surface area contributed by atoms with Gasteiger partial charge in [-0.1, -0.05) is 0 Å². The van der Waals surface area contributed by atoms with Crippen LogP contribution in [0.25, 0.3) is 0 Å². The molecule has 0 aromatic heterocycles. The zero-order chi connectivity index (χ0) is 15.4. The van der Waals surface area contributed by atoms with E-state index in [4.69, 9.17) is 0 Å². The molecule has 0 aliphatic rings. The van der Waals surface area contributed by atoms with Crippen LogP contribution < -0.4 is 0 Å². The number of nitro groups is 1. The molecule has 1 aromatic rings. The van der Waals surface area contributed by atoms with E-state index >= 15 is 0 Å². The summed E-state index contributed by atoms with van der Waals surface area (Å²) in [5.74, 6) is 0.171. The fraction of sp³-hybridized carbons (Fsp3) is 0.462. The SMILES string of the molecule is Cc1cc([N+](=O)[O-])ccc1C(=O)N(C)C(C)CS(C)=O. The van der Waals surface area contributed by atoms with Gasteiger partial charge in [0.05, 0.1) is 4.92 Å². The Morgan fingerprint density at radius 1 is 1.50 bits per heavy atom. The number of hydrogen-bond acceptors (Lipinski definition) is 4. The maximum atomic E-state index is 12.3. The van der Waals surface area contributed by atoms with Crippen molar-refractivity contribution >= 4 is 22.4 Å². The number of nitrogens with zero attached hydrogens (tertiary/aromatic N) is 2. The van der Waals surface area contributed by atoms with E-state index in [0.717, 1.165) is 0 Å². The number of carbonyl (C=O) groups is 1. The van der Waals surface area contributed by atoms with Crippen LogP contribution in [0.5, 0.6) is 0 Å². The van der Waals surface area contributed by atoms with Gasteiger partial charge < -0.3 is 4.90 Å². The molecule has 0 saturated heterocycles. The number of hydrogen-bond donors (Lipinski definition) is 0. The second-order valence-electron chi connectivity index (χ2n) is 4.76. The fourth-order valence-corrected chi connectivity index (χ4v) is 2.75. The van der Waals surface area contributed by atoms with Crippen molar-refractivity contribution in [2.24, 2.45) is 0 Å². The van der Waals surface area contributed by atoms with Crippen LogP contribution in [0.4, 0.5) is 5.69 Å². The summed E-state index contributed by atoms with van der Waals surface area (Å²) in [6.07, 6.45) is 1.59. The Hall–Kier alpha value is -1.76. The van der Waals surface area contributed by atoms with Crippen LogP contribution >= 0.6 is 0 Å². The lowest BCUT2D eigenvalue weighted by molar-refractivity contribution is -0.384. The Balaban J connectivity index is 2.97. The normalized spacial score (nSPS) is 13.6. The van der Waals surface area contributed by atoms with Crippen molar-refractivity contribution in [1.82, 2.24) is 4.90 Å². The van der Waals surface area contributed by atoms with Crippen molar-refractivity contribution in [1.29, 1.82) is 0 Å². The van der Waals surface area contributed by atoms with Gasteiger partial charge in [-0.15, -0.1) is 0 Å². The summed E-state index contributed by atoms with van der Waals surface area (Å²) < 4.78 is 11.2. The van der Waals surface area contributed by atoms with Crippen molar-refractivity contribution < 1.29 is 13.9 Å². The van der Waals surface area contributed by atoms with Gasteiger partial charge in [-0.3, -0.25) is 19.1 Å². The molecule has 1 rings (SSSR count). The molecule has 0 aliphatic carbocycles. The van der Waals surface area contributed by atoms with E-state index in [9.17, 15) is 19.1 Å². The summed E-state index contributed by atoms with van der Waals surface area (Å²) in [7, 11) is 0.652. The summed E-state index contributed by atoms with van der Waals surface area (Å²) >= 11 is 0. The van der Waals surface area contributed by atoms with E-state index in [1.165, 1.54) is 23.1 Å². The number of carbonyl (C=O) groups excluding carboxylic acids is 1. The minimum Gasteiger partial charge on any atom is -0.338 e. The highest BCUT2D eigenvalue weighted by Gasteiger charge is 2.21. The van der Waals surface area contributed by atoms with E-state index in [1.807, 2.05) is 6.92 Å². The van der Waals surface area contributed by atoms with E-state index in [2.05, 4.69) is 0 Å². The van der Waals surface area contributed by atoms with Gasteiger partial charge in [-0.2, -0.15) is 0 Å². The smallest absolute Gasteiger partial charge is 0.269 e. The zero-order valence-corrected chi connectivity index (χ0v) is 12.8. The first-order chi connectivity index (χ1) is 9.23. The zero-order valence-electron chi connectivity index (χ0n) is 12.0. The average Bonchev–Trinajstić information content (AvgIpc) is 2.35. The van der Waals surface area contributed by atoms with Gasteiger partial charge in [0, 0.05) is 53.6 Å². The number of benzene rings is 1. The third-order valence-corrected chi connectivity index (χ3v) is 4.06. The van der Waals surface area contributed by atoms with Crippen LogP contribution in [-0.2, 0) is 10.8 Å². The first-order valence-corrected chi connectivity index (χ1v) is 7.79. The van der Waals surface area contributed by atoms with E-state index in [1.54, 1.807) is 20.2 Å². The molecule has 0 radical (unpaired) electrons. The van der Waals surface area contributed by atoms with Crippen LogP contribution in [0.15, 0.2) is 18.2 Å². The van der Waals surface area contributed by atoms with Gasteiger partial charge in [0.15, 0.2) is 0 Å². The molecule has 7 heteroatoms. The molecule has 0 fully saturated rings. The molecule has 0 heterocycles. The molecule has 0 saturated carbocycles. The highest BCUT2D eigenvalue weighted by molar-refractivity contribution is 7.84. The molecular weight excluding hydrogens is 280 g/mol. The Labute approximate surface area is 120 Å². The van der Waals surface area contributed by atoms with Crippen molar-refractivity contribution in [2.75, 3.05) is 19.1 Å². The molecule has 0 N–H and O–H groups in total. The number of amides is 1. The lowest BCUT2D eigenvalue weighted by atomic mass is 10.1. The van der Waals surface area contributed by atoms with Crippen LogP contribution in [0.1, 0.15) is 22.8 Å². The Morgan fingerprint density at radius 2 is 2.10 bits per heavy atom. The van der Waals surface area contributed by atoms with E-state index in [0.29, 0.717) is 16.9 Å². The Morgan fingerprint density at radius 3 is 2.55 bits per heavy atom. The fourth-order valence-electron chi connectivity index (χ4n) is 1.84. The van der Waals surface area contributed by atoms with E-state index in [-0.39, 0.29) is 17.6 Å². The van der Waals surface area contributed by atoms with Crippen molar-refractivity contribution in [3.05, 3.63) is 39.4 Å². The lowest BCUT2D eigenvalue weighted by Crippen LogP contribution is -2.38. The number of non-ortho nitro benzene ring substituents is 1. The van der Waals surface area contributed by atoms with Crippen molar-refractivity contribution in [3.8, 4) is 0 Å². The molecule has 2 unspecified atom stereocenters. The first kappa shape index (κ1) is 16.3. The molecule has 0 spiro atoms. The van der Waals surface area contributed by atoms with Gasteiger partial charge in [0.25, 0.3) is 11.6 Å². The molecule has 2 atom stereocenters. The first-order valence-electron chi connectivity index (χ1n) is 6.06. The topological polar surface area (TPSA) is 80.5 Å². The monoisotopic (exact) mass is 298 g/mol. The van der Waals surface area contributed by atoms with Crippen molar-refractivity contribution in [3.63, 3.8) is 0 Å². The summed E-state index contributed by atoms with van der Waals surface area (Å²) in [5, 5.41) is 10.7. The standard InChI is InChI=1S/C13H18N2O4S/c1-9-7-11(15(17)18)5-6-12(9)13(16)14(3)10(2)8-20(4)19/h5-7,10H,8H2,1-4H3. The Bertz CT molecular complexity index is 559. The summed E-state index contributed by atoms with van der Waals surface area (Å²) in [6, 6.07) is 3.99. The third kappa shape index (κ3) is 3.86. The number of rotatable bonds is 5. The minimum atomic E-state index is -0.988. The van der Waals surface area contributed by atoms with Crippen LogP contribution in [-0.4, -0.2) is 45.0 Å². The van der Waals surface area contributed by atoms with Gasteiger partial charge >= 0.3 is 0 Å². The third-order valence-electron chi connectivity index (χ3n) is 3.11. The largest absolute Gasteiger partial charge is 0.338 e. The predicted molar refractivity (Wildman–Crippen MR) is 78.3 cm³/mol. The van der Waals surface area contributed by atoms with Crippen LogP contribution in [0, 0.1) is 17.0 Å². The molecule has 1 amide bonds. The van der Waals surface area contributed by atoms with Gasteiger partial charge in [-0.05, 0) is 25.5 Å². The minimum absolute atomic E-state index is 0.0376. The van der Waals surface area contributed by atoms with Gasteiger partial charge in [0.1, 0.15) is 0 Å². The number of nitro benzene ring substituents is 1. The molecule has 110 valence electrons. The van der Waals surface area contributed by atoms with Crippen molar-refractivity contribution in [2.45, 2.75) is 19.9 Å². The molecule has 6 nitrogen and oxygen atoms in total. The quantitative estimate of drug-likeness (QED) is 0.612.